The molecule has 2 heterocycles. The van der Waals surface area contributed by atoms with Crippen LogP contribution in [-0.2, 0) is 11.8 Å². The highest BCUT2D eigenvalue weighted by Crippen LogP contribution is 2.30. The Bertz CT molecular complexity index is 898. The molecule has 1 aliphatic heterocycles. The van der Waals surface area contributed by atoms with Crippen LogP contribution in [0.2, 0.25) is 0 Å². The summed E-state index contributed by atoms with van der Waals surface area (Å²) in [5.74, 6) is -1.85. The number of hydrogen-bond donors (Lipinski definition) is 3. The topological polar surface area (TPSA) is 104 Å². The van der Waals surface area contributed by atoms with Gasteiger partial charge in [0.2, 0.25) is 0 Å². The van der Waals surface area contributed by atoms with Crippen LogP contribution in [0.3, 0.4) is 0 Å². The van der Waals surface area contributed by atoms with Crippen molar-refractivity contribution in [2.45, 2.75) is 0 Å². The Hall–Kier alpha value is -3.00. The number of hydrogen-bond acceptors (Lipinski definition) is 5. The van der Waals surface area contributed by atoms with Crippen molar-refractivity contribution in [1.29, 1.82) is 0 Å². The number of carbonyl (C=O) groups is 2. The number of benzene rings is 1. The zero-order chi connectivity index (χ0) is 17.3. The van der Waals surface area contributed by atoms with Crippen molar-refractivity contribution in [3.05, 3.63) is 52.7 Å². The summed E-state index contributed by atoms with van der Waals surface area (Å²) in [6.07, 6.45) is 3.64. The fourth-order valence-corrected chi connectivity index (χ4v) is 2.95. The summed E-state index contributed by atoms with van der Waals surface area (Å²) in [5.41, 5.74) is 1.03. The molecular formula is C16H13N3O4S. The summed E-state index contributed by atoms with van der Waals surface area (Å²) in [4.78, 5) is 27.6. The predicted molar refractivity (Wildman–Crippen MR) is 91.3 cm³/mol. The number of aliphatic imine (C=N–C) groups is 1. The lowest BCUT2D eigenvalue weighted by atomic mass is 10.2. The molecule has 0 bridgehead atoms. The molecule has 1 aliphatic rings. The van der Waals surface area contributed by atoms with E-state index in [1.165, 1.54) is 30.0 Å². The van der Waals surface area contributed by atoms with Crippen LogP contribution < -0.4 is 5.32 Å². The molecule has 24 heavy (non-hydrogen) atoms. The molecule has 3 rings (SSSR count). The smallest absolute Gasteiger partial charge is 0.339 e. The molecule has 0 spiro atoms. The molecule has 8 heteroatoms. The number of amidine groups is 1. The van der Waals surface area contributed by atoms with E-state index in [4.69, 9.17) is 5.11 Å². The molecule has 1 amide bonds. The van der Waals surface area contributed by atoms with Crippen molar-refractivity contribution < 1.29 is 19.8 Å². The van der Waals surface area contributed by atoms with Gasteiger partial charge in [0.25, 0.3) is 5.91 Å². The number of aromatic carboxylic acids is 1. The minimum atomic E-state index is -1.22. The Balaban J connectivity index is 1.84. The Morgan fingerprint density at radius 2 is 2.17 bits per heavy atom. The molecule has 2 aromatic rings. The number of aromatic nitrogens is 1. The van der Waals surface area contributed by atoms with Crippen LogP contribution in [0.15, 0.2) is 46.4 Å². The van der Waals surface area contributed by atoms with E-state index >= 15 is 0 Å². The molecular weight excluding hydrogens is 330 g/mol. The van der Waals surface area contributed by atoms with E-state index in [0.29, 0.717) is 15.8 Å². The second-order valence-corrected chi connectivity index (χ2v) is 6.06. The van der Waals surface area contributed by atoms with Gasteiger partial charge in [-0.2, -0.15) is 0 Å². The van der Waals surface area contributed by atoms with Crippen molar-refractivity contribution >= 4 is 40.6 Å². The number of phenols is 1. The van der Waals surface area contributed by atoms with Gasteiger partial charge >= 0.3 is 5.97 Å². The monoisotopic (exact) mass is 343 g/mol. The van der Waals surface area contributed by atoms with Gasteiger partial charge in [-0.05, 0) is 42.1 Å². The van der Waals surface area contributed by atoms with Gasteiger partial charge in [-0.15, -0.1) is 0 Å². The van der Waals surface area contributed by atoms with Crippen LogP contribution in [0.5, 0.6) is 5.75 Å². The normalized spacial score (nSPS) is 17.5. The second-order valence-electron chi connectivity index (χ2n) is 5.03. The van der Waals surface area contributed by atoms with E-state index in [0.717, 1.165) is 5.69 Å². The lowest BCUT2D eigenvalue weighted by molar-refractivity contribution is -0.115. The number of thioether (sulfide) groups is 1. The van der Waals surface area contributed by atoms with Crippen LogP contribution in [0.4, 0.5) is 5.69 Å². The van der Waals surface area contributed by atoms with Gasteiger partial charge < -0.3 is 20.1 Å². The maximum absolute atomic E-state index is 12.0. The summed E-state index contributed by atoms with van der Waals surface area (Å²) >= 11 is 1.18. The average molecular weight is 343 g/mol. The predicted octanol–water partition coefficient (Wildman–Crippen LogP) is 2.32. The van der Waals surface area contributed by atoms with Crippen LogP contribution in [0.1, 0.15) is 16.1 Å². The number of nitrogens with one attached hydrogen (secondary N) is 1. The zero-order valence-corrected chi connectivity index (χ0v) is 13.4. The highest BCUT2D eigenvalue weighted by molar-refractivity contribution is 8.18. The number of nitrogens with zero attached hydrogens (tertiary/aromatic N) is 2. The first-order valence-corrected chi connectivity index (χ1v) is 7.73. The standard InChI is InChI=1S/C16H13N3O4S/c1-19-6-2-3-10(19)8-13-14(21)18-16(24-13)17-9-4-5-11(15(22)23)12(20)7-9/h2-8,20H,1H3,(H,22,23)(H,17,18,21)/b13-8+. The molecule has 0 saturated carbocycles. The van der Waals surface area contributed by atoms with Crippen LogP contribution in [-0.4, -0.2) is 31.8 Å². The van der Waals surface area contributed by atoms with Gasteiger partial charge in [0, 0.05) is 25.0 Å². The number of carbonyl (C=O) groups excluding carboxylic acids is 1. The van der Waals surface area contributed by atoms with E-state index in [1.54, 1.807) is 6.08 Å². The molecule has 1 fully saturated rings. The molecule has 1 aromatic heterocycles. The Morgan fingerprint density at radius 1 is 1.38 bits per heavy atom. The first kappa shape index (κ1) is 15.9. The zero-order valence-electron chi connectivity index (χ0n) is 12.6. The summed E-state index contributed by atoms with van der Waals surface area (Å²) < 4.78 is 1.89. The minimum absolute atomic E-state index is 0.202. The first-order chi connectivity index (χ1) is 11.4. The number of carboxylic acids is 1. The van der Waals surface area contributed by atoms with Crippen molar-refractivity contribution in [2.24, 2.45) is 12.0 Å². The lowest BCUT2D eigenvalue weighted by Crippen LogP contribution is -2.19. The van der Waals surface area contributed by atoms with Gasteiger partial charge in [-0.25, -0.2) is 9.79 Å². The molecule has 1 saturated heterocycles. The van der Waals surface area contributed by atoms with E-state index in [1.807, 2.05) is 29.9 Å². The molecule has 1 aromatic carbocycles. The average Bonchev–Trinajstić information content (AvgIpc) is 3.06. The summed E-state index contributed by atoms with van der Waals surface area (Å²) in [6, 6.07) is 7.73. The molecule has 0 unspecified atom stereocenters. The van der Waals surface area contributed by atoms with Crippen molar-refractivity contribution in [1.82, 2.24) is 9.88 Å². The first-order valence-electron chi connectivity index (χ1n) is 6.91. The van der Waals surface area contributed by atoms with E-state index in [2.05, 4.69) is 10.3 Å². The molecule has 0 radical (unpaired) electrons. The van der Waals surface area contributed by atoms with Gasteiger partial charge in [-0.1, -0.05) is 0 Å². The van der Waals surface area contributed by atoms with Gasteiger partial charge in [0.15, 0.2) is 5.17 Å². The van der Waals surface area contributed by atoms with Crippen molar-refractivity contribution in [3.63, 3.8) is 0 Å². The number of amides is 1. The minimum Gasteiger partial charge on any atom is -0.507 e. The Labute approximate surface area is 141 Å². The van der Waals surface area contributed by atoms with E-state index in [9.17, 15) is 14.7 Å². The van der Waals surface area contributed by atoms with Gasteiger partial charge in [-0.3, -0.25) is 4.79 Å². The number of carboxylic acid groups (broad SMARTS) is 1. The van der Waals surface area contributed by atoms with E-state index < -0.39 is 5.97 Å². The van der Waals surface area contributed by atoms with Crippen LogP contribution >= 0.6 is 11.8 Å². The van der Waals surface area contributed by atoms with Gasteiger partial charge in [0.05, 0.1) is 10.6 Å². The maximum atomic E-state index is 12.0. The number of aromatic hydroxyl groups is 1. The molecule has 0 aliphatic carbocycles. The van der Waals surface area contributed by atoms with E-state index in [-0.39, 0.29) is 17.2 Å². The van der Waals surface area contributed by atoms with Crippen molar-refractivity contribution in [3.8, 4) is 5.75 Å². The van der Waals surface area contributed by atoms with Crippen LogP contribution in [0.25, 0.3) is 6.08 Å². The third-order valence-corrected chi connectivity index (χ3v) is 4.27. The Kier molecular flexibility index (Phi) is 4.13. The SMILES string of the molecule is Cn1cccc1/C=C1/SC(=Nc2ccc(C(=O)O)c(O)c2)NC1=O. The largest absolute Gasteiger partial charge is 0.507 e. The van der Waals surface area contributed by atoms with Crippen molar-refractivity contribution in [2.75, 3.05) is 0 Å². The maximum Gasteiger partial charge on any atom is 0.339 e. The molecule has 0 atom stereocenters. The Morgan fingerprint density at radius 3 is 2.79 bits per heavy atom. The molecule has 3 N–H and O–H groups in total. The van der Waals surface area contributed by atoms with Crippen LogP contribution in [0, 0.1) is 0 Å². The number of aryl methyl sites for hydroxylation is 1. The fraction of sp³-hybridized carbons (Fsp3) is 0.0625. The molecule has 7 nitrogen and oxygen atoms in total. The summed E-state index contributed by atoms with van der Waals surface area (Å²) in [6.45, 7) is 0. The van der Waals surface area contributed by atoms with Gasteiger partial charge in [0.1, 0.15) is 11.3 Å². The number of rotatable bonds is 3. The summed E-state index contributed by atoms with van der Waals surface area (Å²) in [7, 11) is 1.88. The third kappa shape index (κ3) is 3.18. The summed E-state index contributed by atoms with van der Waals surface area (Å²) in [5, 5.41) is 21.6. The highest BCUT2D eigenvalue weighted by Gasteiger charge is 2.24. The lowest BCUT2D eigenvalue weighted by Gasteiger charge is -2.01. The third-order valence-electron chi connectivity index (χ3n) is 3.36. The second kappa shape index (κ2) is 6.25. The fourth-order valence-electron chi connectivity index (χ4n) is 2.13. The quantitative estimate of drug-likeness (QED) is 0.742. The highest BCUT2D eigenvalue weighted by atomic mass is 32.2. The molecule has 122 valence electrons.